The molecule has 104 valence electrons. The fraction of sp³-hybridized carbons (Fsp3) is 0. The van der Waals surface area contributed by atoms with E-state index in [0.717, 1.165) is 0 Å². The molecule has 1 N–H and O–H groups in total. The van der Waals surface area contributed by atoms with Crippen molar-refractivity contribution in [2.75, 3.05) is 0 Å². The first-order chi connectivity index (χ1) is 9.34. The first-order valence-corrected chi connectivity index (χ1v) is 6.95. The van der Waals surface area contributed by atoms with E-state index >= 15 is 0 Å². The van der Waals surface area contributed by atoms with Gasteiger partial charge in [0.25, 0.3) is 0 Å². The van der Waals surface area contributed by atoms with Crippen LogP contribution in [0.15, 0.2) is 18.2 Å². The van der Waals surface area contributed by atoms with Crippen molar-refractivity contribution in [3.8, 4) is 11.3 Å². The van der Waals surface area contributed by atoms with E-state index in [1.165, 1.54) is 12.1 Å². The maximum absolute atomic E-state index is 10.9. The molecule has 0 aliphatic carbocycles. The molecule has 0 amide bonds. The largest absolute Gasteiger partial charge is 0.477 e. The van der Waals surface area contributed by atoms with Crippen molar-refractivity contribution in [1.82, 2.24) is 4.98 Å². The van der Waals surface area contributed by atoms with Gasteiger partial charge in [0.2, 0.25) is 0 Å². The number of nitrogens with zero attached hydrogens (tertiary/aromatic N) is 1. The van der Waals surface area contributed by atoms with Crippen LogP contribution in [-0.4, -0.2) is 16.1 Å². The van der Waals surface area contributed by atoms with E-state index in [1.54, 1.807) is 6.07 Å². The molecule has 20 heavy (non-hydrogen) atoms. The minimum absolute atomic E-state index is 0.0280. The van der Waals surface area contributed by atoms with E-state index in [0.29, 0.717) is 0 Å². The highest BCUT2D eigenvalue weighted by Crippen LogP contribution is 2.47. The average Bonchev–Trinajstić information content (AvgIpc) is 2.43. The molecule has 1 heterocycles. The average molecular weight is 371 g/mol. The summed E-state index contributed by atoms with van der Waals surface area (Å²) in [4.78, 5) is 14.9. The van der Waals surface area contributed by atoms with Crippen molar-refractivity contribution >= 4 is 64.0 Å². The molecule has 0 fully saturated rings. The summed E-state index contributed by atoms with van der Waals surface area (Å²) < 4.78 is 0. The third-order valence-corrected chi connectivity index (χ3v) is 4.71. The first kappa shape index (κ1) is 15.7. The summed E-state index contributed by atoms with van der Waals surface area (Å²) in [5.41, 5.74) is 0.313. The minimum atomic E-state index is -1.18. The van der Waals surface area contributed by atoms with Crippen LogP contribution in [0.25, 0.3) is 11.3 Å². The van der Waals surface area contributed by atoms with Gasteiger partial charge in [-0.15, -0.1) is 0 Å². The molecule has 0 saturated carbocycles. The zero-order valence-electron chi connectivity index (χ0n) is 9.42. The number of hydrogen-bond acceptors (Lipinski definition) is 2. The molecule has 0 spiro atoms. The van der Waals surface area contributed by atoms with Crippen LogP contribution in [0.1, 0.15) is 10.5 Å². The predicted octanol–water partition coefficient (Wildman–Crippen LogP) is 5.71. The minimum Gasteiger partial charge on any atom is -0.477 e. The number of carboxylic acid groups (broad SMARTS) is 1. The maximum Gasteiger partial charge on any atom is 0.354 e. The van der Waals surface area contributed by atoms with Gasteiger partial charge in [0, 0.05) is 5.56 Å². The van der Waals surface area contributed by atoms with Gasteiger partial charge < -0.3 is 5.11 Å². The third kappa shape index (κ3) is 2.69. The number of carboxylic acids is 1. The van der Waals surface area contributed by atoms with Gasteiger partial charge in [0.1, 0.15) is 5.69 Å². The Morgan fingerprint density at radius 3 is 1.90 bits per heavy atom. The van der Waals surface area contributed by atoms with Crippen LogP contribution >= 0.6 is 58.0 Å². The van der Waals surface area contributed by atoms with Crippen molar-refractivity contribution in [3.63, 3.8) is 0 Å². The monoisotopic (exact) mass is 369 g/mol. The van der Waals surface area contributed by atoms with Crippen LogP contribution in [0.2, 0.25) is 25.1 Å². The van der Waals surface area contributed by atoms with Crippen LogP contribution < -0.4 is 0 Å². The Bertz CT molecular complexity index is 688. The number of aromatic nitrogens is 1. The number of carbonyl (C=O) groups is 1. The Kier molecular flexibility index (Phi) is 4.67. The molecule has 0 radical (unpaired) electrons. The van der Waals surface area contributed by atoms with E-state index < -0.39 is 5.97 Å². The van der Waals surface area contributed by atoms with Crippen molar-refractivity contribution in [3.05, 3.63) is 49.0 Å². The number of benzene rings is 1. The lowest BCUT2D eigenvalue weighted by atomic mass is 10.1. The maximum atomic E-state index is 10.9. The van der Waals surface area contributed by atoms with Crippen LogP contribution in [0.5, 0.6) is 0 Å². The fourth-order valence-electron chi connectivity index (χ4n) is 1.52. The molecule has 0 aliphatic rings. The lowest BCUT2D eigenvalue weighted by Gasteiger charge is -2.12. The number of rotatable bonds is 2. The molecular weight excluding hydrogens is 367 g/mol. The predicted molar refractivity (Wildman–Crippen MR) is 81.7 cm³/mol. The summed E-state index contributed by atoms with van der Waals surface area (Å²) in [5.74, 6) is -1.18. The van der Waals surface area contributed by atoms with Gasteiger partial charge in [-0.1, -0.05) is 64.1 Å². The number of halogens is 5. The second-order valence-corrected chi connectivity index (χ2v) is 5.55. The second-order valence-electron chi connectivity index (χ2n) is 3.66. The lowest BCUT2D eigenvalue weighted by molar-refractivity contribution is 0.0690. The fourth-order valence-corrected chi connectivity index (χ4v) is 2.85. The SMILES string of the molecule is O=C(O)c1cccc(-c2c(Cl)c(Cl)c(Cl)c(Cl)c2Cl)n1. The van der Waals surface area contributed by atoms with Crippen molar-refractivity contribution in [2.24, 2.45) is 0 Å². The molecule has 0 aliphatic heterocycles. The summed E-state index contributed by atoms with van der Waals surface area (Å²) >= 11 is 30.0. The van der Waals surface area contributed by atoms with E-state index in [2.05, 4.69) is 4.98 Å². The highest BCUT2D eigenvalue weighted by atomic mass is 35.5. The van der Waals surface area contributed by atoms with Gasteiger partial charge >= 0.3 is 5.97 Å². The molecule has 0 bridgehead atoms. The Labute approximate surface area is 139 Å². The summed E-state index contributed by atoms with van der Waals surface area (Å²) in [6.45, 7) is 0. The highest BCUT2D eigenvalue weighted by Gasteiger charge is 2.21. The van der Waals surface area contributed by atoms with E-state index in [4.69, 9.17) is 63.1 Å². The first-order valence-electron chi connectivity index (χ1n) is 5.06. The summed E-state index contributed by atoms with van der Waals surface area (Å²) in [6.07, 6.45) is 0. The molecule has 0 unspecified atom stereocenters. The second kappa shape index (κ2) is 5.96. The number of hydrogen-bond donors (Lipinski definition) is 1. The van der Waals surface area contributed by atoms with E-state index in [1.807, 2.05) is 0 Å². The Morgan fingerprint density at radius 2 is 1.40 bits per heavy atom. The van der Waals surface area contributed by atoms with Crippen LogP contribution in [0.3, 0.4) is 0 Å². The van der Waals surface area contributed by atoms with Gasteiger partial charge in [0.15, 0.2) is 0 Å². The summed E-state index contributed by atoms with van der Waals surface area (Å²) in [6, 6.07) is 4.39. The molecule has 0 saturated heterocycles. The molecule has 3 nitrogen and oxygen atoms in total. The van der Waals surface area contributed by atoms with Gasteiger partial charge in [-0.25, -0.2) is 9.78 Å². The van der Waals surface area contributed by atoms with Crippen molar-refractivity contribution < 1.29 is 9.90 Å². The molecular formula is C12H4Cl5NO2. The molecule has 0 atom stereocenters. The topological polar surface area (TPSA) is 50.2 Å². The number of pyridine rings is 1. The quantitative estimate of drug-likeness (QED) is 0.543. The number of aromatic carboxylic acids is 1. The van der Waals surface area contributed by atoms with Gasteiger partial charge in [-0.05, 0) is 12.1 Å². The zero-order chi connectivity index (χ0) is 15.0. The molecule has 8 heteroatoms. The third-order valence-electron chi connectivity index (χ3n) is 2.43. The molecule has 2 aromatic rings. The summed E-state index contributed by atoms with van der Waals surface area (Å²) in [7, 11) is 0. The van der Waals surface area contributed by atoms with Crippen LogP contribution in [0, 0.1) is 0 Å². The van der Waals surface area contributed by atoms with E-state index in [9.17, 15) is 4.79 Å². The Hall–Kier alpha value is -0.710. The van der Waals surface area contributed by atoms with Gasteiger partial charge in [0.05, 0.1) is 30.8 Å². The highest BCUT2D eigenvalue weighted by molar-refractivity contribution is 6.56. The normalized spacial score (nSPS) is 10.7. The van der Waals surface area contributed by atoms with Crippen LogP contribution in [0.4, 0.5) is 0 Å². The lowest BCUT2D eigenvalue weighted by Crippen LogP contribution is -2.01. The molecule has 1 aromatic heterocycles. The zero-order valence-corrected chi connectivity index (χ0v) is 13.2. The molecule has 1 aromatic carbocycles. The Morgan fingerprint density at radius 1 is 0.900 bits per heavy atom. The van der Waals surface area contributed by atoms with Crippen molar-refractivity contribution in [1.29, 1.82) is 0 Å². The van der Waals surface area contributed by atoms with E-state index in [-0.39, 0.29) is 42.1 Å². The van der Waals surface area contributed by atoms with Gasteiger partial charge in [-0.3, -0.25) is 0 Å². The molecule has 2 rings (SSSR count). The van der Waals surface area contributed by atoms with Gasteiger partial charge in [-0.2, -0.15) is 0 Å². The Balaban J connectivity index is 2.76. The standard InChI is InChI=1S/C12H4Cl5NO2/c13-7-6(8(14)10(16)11(17)9(7)15)4-2-1-3-5(18-4)12(19)20/h1-3H,(H,19,20). The van der Waals surface area contributed by atoms with Crippen LogP contribution in [-0.2, 0) is 0 Å². The van der Waals surface area contributed by atoms with Crippen molar-refractivity contribution in [2.45, 2.75) is 0 Å². The summed E-state index contributed by atoms with van der Waals surface area (Å²) in [5, 5.41) is 9.14. The smallest absolute Gasteiger partial charge is 0.354 e.